The second-order valence-electron chi connectivity index (χ2n) is 10.4. The van der Waals surface area contributed by atoms with Crippen LogP contribution in [0, 0.1) is 13.8 Å². The topological polar surface area (TPSA) is 86.8 Å². The van der Waals surface area contributed by atoms with E-state index in [1.54, 1.807) is 36.4 Å². The number of likely N-dealkylation sites (N-methyl/N-ethyl adjacent to an activating group) is 1. The molecule has 1 atom stereocenters. The lowest BCUT2D eigenvalue weighted by Gasteiger charge is -2.34. The molecule has 0 bridgehead atoms. The van der Waals surface area contributed by atoms with E-state index in [1.807, 2.05) is 87.5 Å². The number of aryl methyl sites for hydroxylation is 2. The molecule has 7 nitrogen and oxygen atoms in total. The van der Waals surface area contributed by atoms with Crippen LogP contribution in [0.5, 0.6) is 0 Å². The highest BCUT2D eigenvalue weighted by molar-refractivity contribution is 9.10. The first kappa shape index (κ1) is 32.0. The molecule has 0 aliphatic heterocycles. The van der Waals surface area contributed by atoms with Gasteiger partial charge in [0.25, 0.3) is 10.0 Å². The SMILES string of the molecule is CCNC(=O)C(Cc1ccccc1)N(Cc1ccc(Br)cc1)C(=O)CN(c1ccccc1C)S(=O)(=O)c1ccc(C)cc1. The third-order valence-corrected chi connectivity index (χ3v) is 9.46. The first-order valence-corrected chi connectivity index (χ1v) is 16.3. The van der Waals surface area contributed by atoms with Gasteiger partial charge in [0.05, 0.1) is 10.6 Å². The highest BCUT2D eigenvalue weighted by Crippen LogP contribution is 2.28. The number of nitrogens with one attached hydrogen (secondary N) is 1. The van der Waals surface area contributed by atoms with Crippen LogP contribution in [0.1, 0.15) is 29.2 Å². The molecule has 4 rings (SSSR count). The largest absolute Gasteiger partial charge is 0.355 e. The molecule has 0 fully saturated rings. The van der Waals surface area contributed by atoms with Gasteiger partial charge in [-0.25, -0.2) is 8.42 Å². The quantitative estimate of drug-likeness (QED) is 0.201. The normalized spacial score (nSPS) is 11.9. The molecule has 43 heavy (non-hydrogen) atoms. The van der Waals surface area contributed by atoms with E-state index in [4.69, 9.17) is 0 Å². The number of hydrogen-bond acceptors (Lipinski definition) is 4. The van der Waals surface area contributed by atoms with Crippen LogP contribution in [0.4, 0.5) is 5.69 Å². The maximum Gasteiger partial charge on any atom is 0.264 e. The van der Waals surface area contributed by atoms with E-state index < -0.39 is 28.5 Å². The second-order valence-corrected chi connectivity index (χ2v) is 13.1. The lowest BCUT2D eigenvalue weighted by molar-refractivity contribution is -0.140. The lowest BCUT2D eigenvalue weighted by atomic mass is 10.0. The van der Waals surface area contributed by atoms with Crippen molar-refractivity contribution in [2.75, 3.05) is 17.4 Å². The number of amides is 2. The van der Waals surface area contributed by atoms with Crippen LogP contribution >= 0.6 is 15.9 Å². The van der Waals surface area contributed by atoms with E-state index in [0.717, 1.165) is 25.5 Å². The highest BCUT2D eigenvalue weighted by atomic mass is 79.9. The molecule has 0 radical (unpaired) electrons. The van der Waals surface area contributed by atoms with E-state index >= 15 is 0 Å². The molecule has 224 valence electrons. The molecule has 9 heteroatoms. The molecule has 4 aromatic carbocycles. The number of nitrogens with zero attached hydrogens (tertiary/aromatic N) is 2. The van der Waals surface area contributed by atoms with E-state index in [1.165, 1.54) is 4.90 Å². The maximum atomic E-state index is 14.4. The van der Waals surface area contributed by atoms with Crippen molar-refractivity contribution in [3.8, 4) is 0 Å². The van der Waals surface area contributed by atoms with Crippen molar-refractivity contribution in [3.05, 3.63) is 130 Å². The first-order chi connectivity index (χ1) is 20.6. The van der Waals surface area contributed by atoms with Gasteiger partial charge in [0.2, 0.25) is 11.8 Å². The molecule has 0 aromatic heterocycles. The van der Waals surface area contributed by atoms with Gasteiger partial charge in [-0.1, -0.05) is 94.3 Å². The van der Waals surface area contributed by atoms with E-state index in [-0.39, 0.29) is 23.8 Å². The number of rotatable bonds is 12. The fourth-order valence-electron chi connectivity index (χ4n) is 4.83. The zero-order valence-corrected chi connectivity index (χ0v) is 26.9. The third-order valence-electron chi connectivity index (χ3n) is 7.16. The minimum atomic E-state index is -4.14. The number of anilines is 1. The Morgan fingerprint density at radius 1 is 0.814 bits per heavy atom. The molecular weight excluding hydrogens is 626 g/mol. The Balaban J connectivity index is 1.80. The molecule has 0 saturated carbocycles. The summed E-state index contributed by atoms with van der Waals surface area (Å²) in [6, 6.07) is 29.8. The molecule has 0 aliphatic rings. The van der Waals surface area contributed by atoms with Crippen molar-refractivity contribution in [1.82, 2.24) is 10.2 Å². The molecule has 1 unspecified atom stereocenters. The first-order valence-electron chi connectivity index (χ1n) is 14.1. The molecule has 4 aromatic rings. The van der Waals surface area contributed by atoms with Crippen molar-refractivity contribution in [2.24, 2.45) is 0 Å². The molecule has 0 heterocycles. The summed E-state index contributed by atoms with van der Waals surface area (Å²) in [6.07, 6.45) is 0.268. The van der Waals surface area contributed by atoms with Crippen LogP contribution in [0.25, 0.3) is 0 Å². The van der Waals surface area contributed by atoms with Gasteiger partial charge < -0.3 is 10.2 Å². The number of carbonyl (C=O) groups excluding carboxylic acids is 2. The van der Waals surface area contributed by atoms with Crippen LogP contribution in [0.2, 0.25) is 0 Å². The molecular formula is C34H36BrN3O4S. The summed E-state index contributed by atoms with van der Waals surface area (Å²) in [5.41, 5.74) is 3.72. The fourth-order valence-corrected chi connectivity index (χ4v) is 6.57. The summed E-state index contributed by atoms with van der Waals surface area (Å²) < 4.78 is 30.3. The van der Waals surface area contributed by atoms with Gasteiger partial charge in [-0.2, -0.15) is 0 Å². The van der Waals surface area contributed by atoms with Crippen molar-refractivity contribution in [3.63, 3.8) is 0 Å². The predicted molar refractivity (Wildman–Crippen MR) is 174 cm³/mol. The Bertz CT molecular complexity index is 1640. The van der Waals surface area contributed by atoms with Crippen molar-refractivity contribution < 1.29 is 18.0 Å². The molecule has 0 spiro atoms. The third kappa shape index (κ3) is 8.12. The van der Waals surface area contributed by atoms with Crippen LogP contribution in [-0.4, -0.2) is 44.3 Å². The lowest BCUT2D eigenvalue weighted by Crippen LogP contribution is -2.53. The van der Waals surface area contributed by atoms with E-state index in [0.29, 0.717) is 17.8 Å². The van der Waals surface area contributed by atoms with Gasteiger partial charge in [0, 0.05) is 24.0 Å². The zero-order valence-electron chi connectivity index (χ0n) is 24.5. The van der Waals surface area contributed by atoms with E-state index in [9.17, 15) is 18.0 Å². The van der Waals surface area contributed by atoms with Crippen LogP contribution in [0.3, 0.4) is 0 Å². The summed E-state index contributed by atoms with van der Waals surface area (Å²) in [5, 5.41) is 2.88. The Morgan fingerprint density at radius 3 is 2.07 bits per heavy atom. The minimum absolute atomic E-state index is 0.0816. The van der Waals surface area contributed by atoms with Crippen LogP contribution < -0.4 is 9.62 Å². The second kappa shape index (κ2) is 14.5. The maximum absolute atomic E-state index is 14.4. The summed E-state index contributed by atoms with van der Waals surface area (Å²) in [6.45, 7) is 5.54. The molecule has 1 N–H and O–H groups in total. The van der Waals surface area contributed by atoms with Crippen molar-refractivity contribution >= 4 is 43.5 Å². The van der Waals surface area contributed by atoms with Gasteiger partial charge in [-0.3, -0.25) is 13.9 Å². The van der Waals surface area contributed by atoms with Gasteiger partial charge >= 0.3 is 0 Å². The minimum Gasteiger partial charge on any atom is -0.355 e. The summed E-state index contributed by atoms with van der Waals surface area (Å²) in [7, 11) is -4.14. The van der Waals surface area contributed by atoms with E-state index in [2.05, 4.69) is 21.2 Å². The zero-order chi connectivity index (χ0) is 31.0. The predicted octanol–water partition coefficient (Wildman–Crippen LogP) is 6.04. The Hall–Kier alpha value is -3.95. The smallest absolute Gasteiger partial charge is 0.264 e. The fraction of sp³-hybridized carbons (Fsp3) is 0.235. The summed E-state index contributed by atoms with van der Waals surface area (Å²) in [4.78, 5) is 29.5. The average Bonchev–Trinajstić information content (AvgIpc) is 3.00. The molecule has 0 aliphatic carbocycles. The van der Waals surface area contributed by atoms with Crippen molar-refractivity contribution in [2.45, 2.75) is 44.7 Å². The number of halogens is 1. The molecule has 2 amide bonds. The Kier molecular flexibility index (Phi) is 10.8. The average molecular weight is 663 g/mol. The van der Waals surface area contributed by atoms with Crippen molar-refractivity contribution in [1.29, 1.82) is 0 Å². The monoisotopic (exact) mass is 661 g/mol. The number of carbonyl (C=O) groups is 2. The van der Waals surface area contributed by atoms with Crippen LogP contribution in [0.15, 0.2) is 112 Å². The highest BCUT2D eigenvalue weighted by Gasteiger charge is 2.34. The Morgan fingerprint density at radius 2 is 1.44 bits per heavy atom. The number of benzene rings is 4. The number of sulfonamides is 1. The standard InChI is InChI=1S/C34H36BrN3O4S/c1-4-36-34(40)32(22-27-11-6-5-7-12-27)37(23-28-16-18-29(35)19-17-28)33(39)24-38(31-13-9-8-10-26(31)3)43(41,42)30-20-14-25(2)15-21-30/h5-21,32H,4,22-24H2,1-3H3,(H,36,40). The van der Waals surface area contributed by atoms with Gasteiger partial charge in [0.15, 0.2) is 0 Å². The van der Waals surface area contributed by atoms with Gasteiger partial charge in [-0.05, 0) is 67.8 Å². The molecule has 0 saturated heterocycles. The number of hydrogen-bond donors (Lipinski definition) is 1. The van der Waals surface area contributed by atoms with Gasteiger partial charge in [0.1, 0.15) is 12.6 Å². The van der Waals surface area contributed by atoms with Crippen LogP contribution in [-0.2, 0) is 32.6 Å². The number of para-hydroxylation sites is 1. The van der Waals surface area contributed by atoms with Gasteiger partial charge in [-0.15, -0.1) is 0 Å². The Labute approximate surface area is 262 Å². The summed E-state index contributed by atoms with van der Waals surface area (Å²) in [5.74, 6) is -0.797. The summed E-state index contributed by atoms with van der Waals surface area (Å²) >= 11 is 3.45.